The topological polar surface area (TPSA) is 72.2 Å². The molecule has 0 aliphatic heterocycles. The summed E-state index contributed by atoms with van der Waals surface area (Å²) in [6, 6.07) is 20.3. The van der Waals surface area contributed by atoms with Gasteiger partial charge in [0.2, 0.25) is 0 Å². The molecule has 7 heteroatoms. The van der Waals surface area contributed by atoms with Gasteiger partial charge < -0.3 is 5.32 Å². The van der Waals surface area contributed by atoms with E-state index in [1.54, 1.807) is 48.5 Å². The second kappa shape index (κ2) is 8.82. The van der Waals surface area contributed by atoms with Gasteiger partial charge >= 0.3 is 0 Å². The number of non-ortho nitro benzene ring substituents is 1. The molecule has 0 saturated heterocycles. The second-order valence-corrected chi connectivity index (χ2v) is 7.12. The van der Waals surface area contributed by atoms with E-state index in [9.17, 15) is 14.9 Å². The number of benzene rings is 3. The van der Waals surface area contributed by atoms with Gasteiger partial charge in [-0.3, -0.25) is 14.9 Å². The number of nitro benzene ring substituents is 1. The van der Waals surface area contributed by atoms with Gasteiger partial charge in [0.15, 0.2) is 0 Å². The minimum absolute atomic E-state index is 0.0405. The van der Waals surface area contributed by atoms with E-state index in [0.29, 0.717) is 27.4 Å². The van der Waals surface area contributed by atoms with E-state index in [1.165, 1.54) is 12.1 Å². The molecule has 0 spiro atoms. The van der Waals surface area contributed by atoms with Crippen LogP contribution in [0.15, 0.2) is 77.3 Å². The number of rotatable bonds is 5. The molecule has 0 aliphatic rings. The summed E-state index contributed by atoms with van der Waals surface area (Å²) in [5.41, 5.74) is 2.12. The number of nitro groups is 1. The molecule has 0 radical (unpaired) electrons. The summed E-state index contributed by atoms with van der Waals surface area (Å²) in [5.74, 6) is -0.351. The Balaban J connectivity index is 1.99. The molecule has 28 heavy (non-hydrogen) atoms. The van der Waals surface area contributed by atoms with Crippen LogP contribution in [-0.4, -0.2) is 10.8 Å². The van der Waals surface area contributed by atoms with Crippen molar-refractivity contribution in [1.82, 2.24) is 0 Å². The first-order valence-electron chi connectivity index (χ1n) is 8.22. The molecular formula is C21H14BrClN2O3. The lowest BCUT2D eigenvalue weighted by Crippen LogP contribution is -2.13. The van der Waals surface area contributed by atoms with Gasteiger partial charge in [-0.2, -0.15) is 0 Å². The Morgan fingerprint density at radius 2 is 1.79 bits per heavy atom. The van der Waals surface area contributed by atoms with Gasteiger partial charge in [0, 0.05) is 27.9 Å². The van der Waals surface area contributed by atoms with E-state index >= 15 is 0 Å². The van der Waals surface area contributed by atoms with Crippen molar-refractivity contribution < 1.29 is 9.72 Å². The molecule has 1 amide bonds. The normalized spacial score (nSPS) is 11.1. The van der Waals surface area contributed by atoms with Crippen LogP contribution in [0.25, 0.3) is 11.6 Å². The maximum Gasteiger partial charge on any atom is 0.270 e. The number of amides is 1. The van der Waals surface area contributed by atoms with Crippen LogP contribution in [0, 0.1) is 10.1 Å². The predicted octanol–water partition coefficient (Wildman–Crippen LogP) is 6.19. The number of nitrogens with zero attached hydrogens (tertiary/aromatic N) is 1. The third-order valence-electron chi connectivity index (χ3n) is 3.90. The lowest BCUT2D eigenvalue weighted by atomic mass is 10.0. The lowest BCUT2D eigenvalue weighted by Gasteiger charge is -2.10. The van der Waals surface area contributed by atoms with Crippen molar-refractivity contribution in [3.05, 3.63) is 104 Å². The van der Waals surface area contributed by atoms with Gasteiger partial charge in [-0.1, -0.05) is 54.1 Å². The minimum atomic E-state index is -0.469. The highest BCUT2D eigenvalue weighted by atomic mass is 79.9. The monoisotopic (exact) mass is 456 g/mol. The van der Waals surface area contributed by atoms with Crippen LogP contribution in [0.4, 0.5) is 11.4 Å². The minimum Gasteiger partial charge on any atom is -0.322 e. The zero-order valence-electron chi connectivity index (χ0n) is 14.4. The van der Waals surface area contributed by atoms with Crippen molar-refractivity contribution in [3.63, 3.8) is 0 Å². The molecule has 0 bridgehead atoms. The van der Waals surface area contributed by atoms with Gasteiger partial charge in [-0.05, 0) is 51.3 Å². The van der Waals surface area contributed by atoms with Gasteiger partial charge in [0.05, 0.1) is 9.95 Å². The molecule has 0 fully saturated rings. The summed E-state index contributed by atoms with van der Waals surface area (Å²) in [4.78, 5) is 23.5. The molecule has 5 nitrogen and oxygen atoms in total. The zero-order valence-corrected chi connectivity index (χ0v) is 16.8. The zero-order chi connectivity index (χ0) is 20.1. The highest BCUT2D eigenvalue weighted by Crippen LogP contribution is 2.27. The van der Waals surface area contributed by atoms with Crippen molar-refractivity contribution in [3.8, 4) is 0 Å². The molecule has 140 valence electrons. The van der Waals surface area contributed by atoms with Crippen LogP contribution < -0.4 is 5.32 Å². The van der Waals surface area contributed by atoms with Crippen LogP contribution in [0.1, 0.15) is 11.1 Å². The van der Waals surface area contributed by atoms with E-state index in [-0.39, 0.29) is 11.6 Å². The number of hydrogen-bond acceptors (Lipinski definition) is 3. The van der Waals surface area contributed by atoms with Crippen molar-refractivity contribution in [2.75, 3.05) is 5.32 Å². The van der Waals surface area contributed by atoms with Gasteiger partial charge in [-0.15, -0.1) is 0 Å². The van der Waals surface area contributed by atoms with Crippen molar-refractivity contribution in [2.45, 2.75) is 0 Å². The average molecular weight is 458 g/mol. The molecule has 3 aromatic carbocycles. The first-order chi connectivity index (χ1) is 13.4. The van der Waals surface area contributed by atoms with E-state index < -0.39 is 4.92 Å². The Labute approximate surface area is 174 Å². The molecule has 0 unspecified atom stereocenters. The Morgan fingerprint density at radius 3 is 2.46 bits per heavy atom. The van der Waals surface area contributed by atoms with Crippen molar-refractivity contribution in [1.29, 1.82) is 0 Å². The van der Waals surface area contributed by atoms with Crippen LogP contribution >= 0.6 is 27.5 Å². The summed E-state index contributed by atoms with van der Waals surface area (Å²) in [5, 5.41) is 14.3. The van der Waals surface area contributed by atoms with Crippen molar-refractivity contribution in [2.24, 2.45) is 0 Å². The van der Waals surface area contributed by atoms with E-state index in [4.69, 9.17) is 11.6 Å². The standard InChI is InChI=1S/C21H14BrClN2O3/c22-19-10-9-16(13-20(19)23)24-21(26)18(15-6-2-1-3-7-15)12-14-5-4-8-17(11-14)25(27)28/h1-13H,(H,24,26)/b18-12+. The molecule has 3 rings (SSSR count). The number of nitrogens with one attached hydrogen (secondary N) is 1. The Bertz CT molecular complexity index is 1070. The Kier molecular flexibility index (Phi) is 6.23. The fourth-order valence-corrected chi connectivity index (χ4v) is 2.99. The molecule has 0 atom stereocenters. The van der Waals surface area contributed by atoms with Crippen LogP contribution in [0.5, 0.6) is 0 Å². The SMILES string of the molecule is O=C(Nc1ccc(Br)c(Cl)c1)/C(=C/c1cccc([N+](=O)[O-])c1)c1ccccc1. The maximum atomic E-state index is 13.0. The molecule has 0 heterocycles. The third-order valence-corrected chi connectivity index (χ3v) is 5.13. The van der Waals surface area contributed by atoms with Crippen LogP contribution in [-0.2, 0) is 4.79 Å². The molecular weight excluding hydrogens is 444 g/mol. The second-order valence-electron chi connectivity index (χ2n) is 5.86. The first kappa shape index (κ1) is 19.8. The molecule has 1 N–H and O–H groups in total. The van der Waals surface area contributed by atoms with E-state index in [1.807, 2.05) is 18.2 Å². The summed E-state index contributed by atoms with van der Waals surface area (Å²) >= 11 is 9.41. The van der Waals surface area contributed by atoms with Crippen LogP contribution in [0.2, 0.25) is 5.02 Å². The summed E-state index contributed by atoms with van der Waals surface area (Å²) in [6.07, 6.45) is 1.62. The Hall–Kier alpha value is -2.96. The average Bonchev–Trinajstić information content (AvgIpc) is 2.69. The number of carbonyl (C=O) groups excluding carboxylic acids is 1. The van der Waals surface area contributed by atoms with E-state index in [0.717, 1.165) is 4.47 Å². The quantitative estimate of drug-likeness (QED) is 0.215. The highest BCUT2D eigenvalue weighted by Gasteiger charge is 2.14. The fraction of sp³-hybridized carbons (Fsp3) is 0. The van der Waals surface area contributed by atoms with Gasteiger partial charge in [0.1, 0.15) is 0 Å². The number of anilines is 1. The molecule has 0 saturated carbocycles. The Morgan fingerprint density at radius 1 is 1.04 bits per heavy atom. The van der Waals surface area contributed by atoms with E-state index in [2.05, 4.69) is 21.2 Å². The van der Waals surface area contributed by atoms with Gasteiger partial charge in [-0.25, -0.2) is 0 Å². The fourth-order valence-electron chi connectivity index (χ4n) is 2.56. The first-order valence-corrected chi connectivity index (χ1v) is 9.39. The van der Waals surface area contributed by atoms with Crippen LogP contribution in [0.3, 0.4) is 0 Å². The largest absolute Gasteiger partial charge is 0.322 e. The number of carbonyl (C=O) groups is 1. The predicted molar refractivity (Wildman–Crippen MR) is 115 cm³/mol. The molecule has 0 aromatic heterocycles. The third kappa shape index (κ3) is 4.85. The number of hydrogen-bond donors (Lipinski definition) is 1. The number of halogens is 2. The lowest BCUT2D eigenvalue weighted by molar-refractivity contribution is -0.384. The summed E-state index contributed by atoms with van der Waals surface area (Å²) in [7, 11) is 0. The summed E-state index contributed by atoms with van der Waals surface area (Å²) in [6.45, 7) is 0. The van der Waals surface area contributed by atoms with Crippen molar-refractivity contribution >= 4 is 56.5 Å². The summed E-state index contributed by atoms with van der Waals surface area (Å²) < 4.78 is 0.725. The highest BCUT2D eigenvalue weighted by molar-refractivity contribution is 9.10. The smallest absolute Gasteiger partial charge is 0.270 e. The molecule has 0 aliphatic carbocycles. The molecule has 3 aromatic rings. The van der Waals surface area contributed by atoms with Gasteiger partial charge in [0.25, 0.3) is 11.6 Å². The maximum absolute atomic E-state index is 13.0.